The molecule has 1 aliphatic heterocycles. The van der Waals surface area contributed by atoms with Gasteiger partial charge in [0.25, 0.3) is 0 Å². The highest BCUT2D eigenvalue weighted by atomic mass is 35.5. The third-order valence-corrected chi connectivity index (χ3v) is 4.91. The fourth-order valence-electron chi connectivity index (χ4n) is 3.16. The number of piperidine rings is 1. The Kier molecular flexibility index (Phi) is 4.71. The molecule has 1 aromatic heterocycles. The highest BCUT2D eigenvalue weighted by Gasteiger charge is 2.32. The number of rotatable bonds is 4. The van der Waals surface area contributed by atoms with Crippen LogP contribution in [0, 0.1) is 5.82 Å². The number of benzene rings is 1. The first-order chi connectivity index (χ1) is 11.0. The summed E-state index contributed by atoms with van der Waals surface area (Å²) >= 11 is 6.15. The summed E-state index contributed by atoms with van der Waals surface area (Å²) in [6, 6.07) is 6.48. The molecule has 0 aliphatic carbocycles. The molecule has 1 aliphatic rings. The van der Waals surface area contributed by atoms with Crippen molar-refractivity contribution >= 4 is 11.6 Å². The van der Waals surface area contributed by atoms with Crippen molar-refractivity contribution < 1.29 is 9.50 Å². The summed E-state index contributed by atoms with van der Waals surface area (Å²) < 4.78 is 15.1. The SMILES string of the molecule is Cn1ncc(Cl)c1CN1CCC(O)(Cc2cccc(F)c2)CC1. The van der Waals surface area contributed by atoms with Crippen molar-refractivity contribution in [3.63, 3.8) is 0 Å². The zero-order valence-electron chi connectivity index (χ0n) is 13.2. The van der Waals surface area contributed by atoms with E-state index >= 15 is 0 Å². The van der Waals surface area contributed by atoms with E-state index in [0.29, 0.717) is 24.3 Å². The minimum absolute atomic E-state index is 0.255. The molecule has 0 unspecified atom stereocenters. The van der Waals surface area contributed by atoms with Crippen LogP contribution in [0.1, 0.15) is 24.1 Å². The predicted molar refractivity (Wildman–Crippen MR) is 87.8 cm³/mol. The Morgan fingerprint density at radius 2 is 2.09 bits per heavy atom. The number of aryl methyl sites for hydroxylation is 1. The molecule has 0 atom stereocenters. The summed E-state index contributed by atoms with van der Waals surface area (Å²) in [5, 5.41) is 15.6. The molecule has 0 spiro atoms. The second kappa shape index (κ2) is 6.59. The molecule has 23 heavy (non-hydrogen) atoms. The van der Waals surface area contributed by atoms with Crippen LogP contribution in [0.5, 0.6) is 0 Å². The molecule has 4 nitrogen and oxygen atoms in total. The lowest BCUT2D eigenvalue weighted by atomic mass is 9.85. The van der Waals surface area contributed by atoms with Crippen molar-refractivity contribution in [1.29, 1.82) is 0 Å². The van der Waals surface area contributed by atoms with E-state index in [2.05, 4.69) is 10.00 Å². The molecule has 2 aromatic rings. The van der Waals surface area contributed by atoms with Crippen LogP contribution in [-0.4, -0.2) is 38.5 Å². The van der Waals surface area contributed by atoms with Crippen LogP contribution in [0.15, 0.2) is 30.5 Å². The Hall–Kier alpha value is -1.43. The average molecular weight is 338 g/mol. The molecule has 2 heterocycles. The summed E-state index contributed by atoms with van der Waals surface area (Å²) in [6.45, 7) is 2.30. The van der Waals surface area contributed by atoms with E-state index in [1.54, 1.807) is 16.9 Å². The number of hydrogen-bond donors (Lipinski definition) is 1. The Bertz CT molecular complexity index is 661. The van der Waals surface area contributed by atoms with Crippen LogP contribution in [0.3, 0.4) is 0 Å². The Balaban J connectivity index is 1.59. The van der Waals surface area contributed by atoms with Gasteiger partial charge in [0, 0.05) is 33.1 Å². The molecule has 3 rings (SSSR count). The van der Waals surface area contributed by atoms with Crippen molar-refractivity contribution in [3.8, 4) is 0 Å². The molecule has 124 valence electrons. The molecule has 0 radical (unpaired) electrons. The monoisotopic (exact) mass is 337 g/mol. The van der Waals surface area contributed by atoms with Crippen molar-refractivity contribution in [1.82, 2.24) is 14.7 Å². The first-order valence-electron chi connectivity index (χ1n) is 7.81. The van der Waals surface area contributed by atoms with Gasteiger partial charge in [-0.2, -0.15) is 5.10 Å². The lowest BCUT2D eigenvalue weighted by molar-refractivity contribution is -0.0229. The van der Waals surface area contributed by atoms with Gasteiger partial charge < -0.3 is 5.11 Å². The van der Waals surface area contributed by atoms with Crippen LogP contribution in [0.2, 0.25) is 5.02 Å². The van der Waals surface area contributed by atoms with Crippen molar-refractivity contribution in [3.05, 3.63) is 52.6 Å². The molecule has 1 fully saturated rings. The highest BCUT2D eigenvalue weighted by Crippen LogP contribution is 2.28. The lowest BCUT2D eigenvalue weighted by Gasteiger charge is -2.38. The third kappa shape index (κ3) is 3.91. The number of aromatic nitrogens is 2. The zero-order chi connectivity index (χ0) is 16.4. The first-order valence-corrected chi connectivity index (χ1v) is 8.19. The number of hydrogen-bond acceptors (Lipinski definition) is 3. The predicted octanol–water partition coefficient (Wildman–Crippen LogP) is 2.78. The van der Waals surface area contributed by atoms with Gasteiger partial charge in [0.15, 0.2) is 0 Å². The van der Waals surface area contributed by atoms with E-state index in [0.717, 1.165) is 30.9 Å². The standard InChI is InChI=1S/C17H21ClFN3O/c1-21-16(15(18)11-20-21)12-22-7-5-17(23,6-8-22)10-13-3-2-4-14(19)9-13/h2-4,9,11,23H,5-8,10,12H2,1H3. The Morgan fingerprint density at radius 3 is 2.70 bits per heavy atom. The van der Waals surface area contributed by atoms with Gasteiger partial charge in [0.1, 0.15) is 5.82 Å². The Labute approximate surface area is 140 Å². The second-order valence-electron chi connectivity index (χ2n) is 6.37. The van der Waals surface area contributed by atoms with E-state index in [9.17, 15) is 9.50 Å². The van der Waals surface area contributed by atoms with Gasteiger partial charge in [0.2, 0.25) is 0 Å². The van der Waals surface area contributed by atoms with Gasteiger partial charge in [-0.15, -0.1) is 0 Å². The summed E-state index contributed by atoms with van der Waals surface area (Å²) in [7, 11) is 1.88. The molecule has 1 aromatic carbocycles. The maximum atomic E-state index is 13.3. The molecule has 1 saturated heterocycles. The van der Waals surface area contributed by atoms with E-state index in [-0.39, 0.29) is 5.82 Å². The van der Waals surface area contributed by atoms with Crippen molar-refractivity contribution in [2.24, 2.45) is 7.05 Å². The van der Waals surface area contributed by atoms with Gasteiger partial charge in [-0.25, -0.2) is 4.39 Å². The van der Waals surface area contributed by atoms with E-state index in [1.807, 2.05) is 13.1 Å². The minimum atomic E-state index is -0.763. The van der Waals surface area contributed by atoms with E-state index < -0.39 is 5.60 Å². The molecule has 0 amide bonds. The molecular weight excluding hydrogens is 317 g/mol. The van der Waals surface area contributed by atoms with Gasteiger partial charge >= 0.3 is 0 Å². The largest absolute Gasteiger partial charge is 0.389 e. The lowest BCUT2D eigenvalue weighted by Crippen LogP contribution is -2.45. The molecular formula is C17H21ClFN3O. The molecule has 6 heteroatoms. The number of halogens is 2. The second-order valence-corrected chi connectivity index (χ2v) is 6.78. The molecule has 0 saturated carbocycles. The molecule has 1 N–H and O–H groups in total. The van der Waals surface area contributed by atoms with Gasteiger partial charge in [-0.05, 0) is 30.5 Å². The van der Waals surface area contributed by atoms with Crippen LogP contribution < -0.4 is 0 Å². The van der Waals surface area contributed by atoms with Crippen LogP contribution >= 0.6 is 11.6 Å². The summed E-state index contributed by atoms with van der Waals surface area (Å²) in [4.78, 5) is 2.27. The summed E-state index contributed by atoms with van der Waals surface area (Å²) in [5.41, 5.74) is 1.07. The average Bonchev–Trinajstić information content (AvgIpc) is 2.81. The number of nitrogens with zero attached hydrogens (tertiary/aromatic N) is 3. The normalized spacial score (nSPS) is 18.3. The summed E-state index contributed by atoms with van der Waals surface area (Å²) in [5.74, 6) is -0.255. The minimum Gasteiger partial charge on any atom is -0.389 e. The van der Waals surface area contributed by atoms with Gasteiger partial charge in [-0.1, -0.05) is 23.7 Å². The fraction of sp³-hybridized carbons (Fsp3) is 0.471. The van der Waals surface area contributed by atoms with Crippen LogP contribution in [0.25, 0.3) is 0 Å². The first kappa shape index (κ1) is 16.4. The van der Waals surface area contributed by atoms with Gasteiger partial charge in [-0.3, -0.25) is 9.58 Å². The maximum absolute atomic E-state index is 13.3. The maximum Gasteiger partial charge on any atom is 0.123 e. The van der Waals surface area contributed by atoms with E-state index in [1.165, 1.54) is 12.1 Å². The highest BCUT2D eigenvalue weighted by molar-refractivity contribution is 6.31. The quantitative estimate of drug-likeness (QED) is 0.932. The van der Waals surface area contributed by atoms with E-state index in [4.69, 9.17) is 11.6 Å². The van der Waals surface area contributed by atoms with Gasteiger partial charge in [0.05, 0.1) is 22.5 Å². The van der Waals surface area contributed by atoms with Crippen LogP contribution in [-0.2, 0) is 20.0 Å². The smallest absolute Gasteiger partial charge is 0.123 e. The van der Waals surface area contributed by atoms with Crippen molar-refractivity contribution in [2.75, 3.05) is 13.1 Å². The number of likely N-dealkylation sites (tertiary alicyclic amines) is 1. The summed E-state index contributed by atoms with van der Waals surface area (Å²) in [6.07, 6.45) is 3.48. The zero-order valence-corrected chi connectivity index (χ0v) is 13.9. The third-order valence-electron chi connectivity index (χ3n) is 4.59. The number of aliphatic hydroxyl groups is 1. The van der Waals surface area contributed by atoms with Crippen LogP contribution in [0.4, 0.5) is 4.39 Å². The fourth-order valence-corrected chi connectivity index (χ4v) is 3.38. The topological polar surface area (TPSA) is 41.3 Å². The van der Waals surface area contributed by atoms with Crippen molar-refractivity contribution in [2.45, 2.75) is 31.4 Å². The molecule has 0 bridgehead atoms. The Morgan fingerprint density at radius 1 is 1.35 bits per heavy atom.